The normalized spacial score (nSPS) is 22.3. The van der Waals surface area contributed by atoms with Gasteiger partial charge in [0.05, 0.1) is 24.7 Å². The van der Waals surface area contributed by atoms with Crippen molar-refractivity contribution in [1.29, 1.82) is 0 Å². The van der Waals surface area contributed by atoms with Gasteiger partial charge in [0.15, 0.2) is 0 Å². The molecule has 13 heavy (non-hydrogen) atoms. The molecule has 0 aromatic rings. The van der Waals surface area contributed by atoms with E-state index in [2.05, 4.69) is 0 Å². The van der Waals surface area contributed by atoms with Crippen molar-refractivity contribution in [2.75, 3.05) is 13.1 Å². The minimum atomic E-state index is -0.693. The molecule has 0 spiro atoms. The molecule has 0 aromatic heterocycles. The van der Waals surface area contributed by atoms with E-state index in [9.17, 15) is 9.90 Å². The van der Waals surface area contributed by atoms with Crippen LogP contribution in [0.3, 0.4) is 0 Å². The van der Waals surface area contributed by atoms with E-state index in [1.165, 1.54) is 0 Å². The van der Waals surface area contributed by atoms with Crippen molar-refractivity contribution in [2.24, 2.45) is 5.73 Å². The molecule has 0 aromatic carbocycles. The standard InChI is InChI=1S/C9H18N2O2/c1-3-4-7(10)8(12)11-5-9(2,13)6-11/h7,13H,3-6,10H2,1-2H3/t7-/m1/s1. The lowest BCUT2D eigenvalue weighted by Crippen LogP contribution is -2.64. The van der Waals surface area contributed by atoms with Crippen molar-refractivity contribution in [3.8, 4) is 0 Å². The molecule has 0 unspecified atom stereocenters. The van der Waals surface area contributed by atoms with Crippen LogP contribution in [0.15, 0.2) is 0 Å². The van der Waals surface area contributed by atoms with Gasteiger partial charge in [-0.3, -0.25) is 4.79 Å². The van der Waals surface area contributed by atoms with E-state index in [0.717, 1.165) is 12.8 Å². The van der Waals surface area contributed by atoms with Crippen LogP contribution in [0.5, 0.6) is 0 Å². The number of rotatable bonds is 3. The van der Waals surface area contributed by atoms with Gasteiger partial charge < -0.3 is 15.7 Å². The number of β-amino-alcohol motifs (C(OH)–C–C–N with tert-alkyl or cyclic N) is 1. The number of aliphatic hydroxyl groups is 1. The third-order valence-corrected chi connectivity index (χ3v) is 2.29. The molecule has 1 atom stereocenters. The van der Waals surface area contributed by atoms with E-state index in [-0.39, 0.29) is 11.9 Å². The predicted octanol–water partition coefficient (Wildman–Crippen LogP) is -0.293. The molecule has 1 aliphatic rings. The molecule has 0 aliphatic carbocycles. The summed E-state index contributed by atoms with van der Waals surface area (Å²) in [6.07, 6.45) is 1.63. The maximum atomic E-state index is 11.5. The lowest BCUT2D eigenvalue weighted by Gasteiger charge is -2.45. The molecule has 1 heterocycles. The zero-order valence-electron chi connectivity index (χ0n) is 8.29. The highest BCUT2D eigenvalue weighted by Crippen LogP contribution is 2.20. The van der Waals surface area contributed by atoms with Crippen molar-refractivity contribution in [2.45, 2.75) is 38.3 Å². The number of hydrogen-bond donors (Lipinski definition) is 2. The first-order valence-electron chi connectivity index (χ1n) is 4.73. The second kappa shape index (κ2) is 3.64. The maximum Gasteiger partial charge on any atom is 0.239 e. The third kappa shape index (κ3) is 2.42. The van der Waals surface area contributed by atoms with Gasteiger partial charge >= 0.3 is 0 Å². The fraction of sp³-hybridized carbons (Fsp3) is 0.889. The Morgan fingerprint density at radius 2 is 2.23 bits per heavy atom. The van der Waals surface area contributed by atoms with Gasteiger partial charge in [-0.2, -0.15) is 0 Å². The van der Waals surface area contributed by atoms with Crippen LogP contribution in [-0.4, -0.2) is 40.6 Å². The van der Waals surface area contributed by atoms with Crippen LogP contribution >= 0.6 is 0 Å². The largest absolute Gasteiger partial charge is 0.386 e. The predicted molar refractivity (Wildman–Crippen MR) is 50.1 cm³/mol. The molecule has 4 nitrogen and oxygen atoms in total. The number of amides is 1. The highest BCUT2D eigenvalue weighted by molar-refractivity contribution is 5.82. The first-order chi connectivity index (χ1) is 5.96. The SMILES string of the molecule is CCC[C@@H](N)C(=O)N1CC(C)(O)C1. The van der Waals surface area contributed by atoms with E-state index in [4.69, 9.17) is 5.73 Å². The minimum Gasteiger partial charge on any atom is -0.386 e. The zero-order valence-corrected chi connectivity index (χ0v) is 8.29. The Labute approximate surface area is 78.7 Å². The van der Waals surface area contributed by atoms with Gasteiger partial charge in [-0.25, -0.2) is 0 Å². The second-order valence-corrected chi connectivity index (χ2v) is 4.09. The highest BCUT2D eigenvalue weighted by Gasteiger charge is 2.40. The Bertz CT molecular complexity index is 196. The summed E-state index contributed by atoms with van der Waals surface area (Å²) in [5.74, 6) is -0.0339. The number of carbonyl (C=O) groups is 1. The van der Waals surface area contributed by atoms with Crippen LogP contribution in [0.25, 0.3) is 0 Å². The van der Waals surface area contributed by atoms with Crippen molar-refractivity contribution >= 4 is 5.91 Å². The third-order valence-electron chi connectivity index (χ3n) is 2.29. The van der Waals surface area contributed by atoms with E-state index in [1.54, 1.807) is 11.8 Å². The summed E-state index contributed by atoms with van der Waals surface area (Å²) in [5.41, 5.74) is 4.96. The quantitative estimate of drug-likeness (QED) is 0.636. The number of nitrogens with two attached hydrogens (primary N) is 1. The number of likely N-dealkylation sites (tertiary alicyclic amines) is 1. The average Bonchev–Trinajstić information content (AvgIpc) is 1.99. The summed E-state index contributed by atoms with van der Waals surface area (Å²) in [4.78, 5) is 13.1. The Morgan fingerprint density at radius 3 is 2.62 bits per heavy atom. The maximum absolute atomic E-state index is 11.5. The van der Waals surface area contributed by atoms with Gasteiger partial charge in [0, 0.05) is 0 Å². The fourth-order valence-corrected chi connectivity index (χ4v) is 1.60. The molecule has 1 rings (SSSR count). The van der Waals surface area contributed by atoms with Gasteiger partial charge in [-0.05, 0) is 13.3 Å². The average molecular weight is 186 g/mol. The molecule has 0 saturated carbocycles. The molecular formula is C9H18N2O2. The van der Waals surface area contributed by atoms with E-state index in [1.807, 2.05) is 6.92 Å². The summed E-state index contributed by atoms with van der Waals surface area (Å²) >= 11 is 0. The Kier molecular flexibility index (Phi) is 2.93. The molecule has 0 radical (unpaired) electrons. The zero-order chi connectivity index (χ0) is 10.1. The van der Waals surface area contributed by atoms with Crippen LogP contribution in [-0.2, 0) is 4.79 Å². The Hall–Kier alpha value is -0.610. The first kappa shape index (κ1) is 10.5. The monoisotopic (exact) mass is 186 g/mol. The molecule has 1 amide bonds. The topological polar surface area (TPSA) is 66.6 Å². The summed E-state index contributed by atoms with van der Waals surface area (Å²) in [6, 6.07) is -0.388. The molecule has 76 valence electrons. The second-order valence-electron chi connectivity index (χ2n) is 4.09. The van der Waals surface area contributed by atoms with E-state index >= 15 is 0 Å². The van der Waals surface area contributed by atoms with Crippen LogP contribution in [0.2, 0.25) is 0 Å². The van der Waals surface area contributed by atoms with Gasteiger partial charge in [-0.1, -0.05) is 13.3 Å². The summed E-state index contributed by atoms with van der Waals surface area (Å²) in [6.45, 7) is 4.56. The van der Waals surface area contributed by atoms with Crippen molar-refractivity contribution < 1.29 is 9.90 Å². The van der Waals surface area contributed by atoms with E-state index in [0.29, 0.717) is 13.1 Å². The van der Waals surface area contributed by atoms with Gasteiger partial charge in [-0.15, -0.1) is 0 Å². The van der Waals surface area contributed by atoms with E-state index < -0.39 is 5.60 Å². The molecule has 0 bridgehead atoms. The van der Waals surface area contributed by atoms with Gasteiger partial charge in [0.1, 0.15) is 0 Å². The number of hydrogen-bond acceptors (Lipinski definition) is 3. The Balaban J connectivity index is 2.34. The lowest BCUT2D eigenvalue weighted by atomic mass is 9.95. The fourth-order valence-electron chi connectivity index (χ4n) is 1.60. The Morgan fingerprint density at radius 1 is 1.69 bits per heavy atom. The van der Waals surface area contributed by atoms with Crippen LogP contribution in [0.1, 0.15) is 26.7 Å². The smallest absolute Gasteiger partial charge is 0.239 e. The molecular weight excluding hydrogens is 168 g/mol. The summed E-state index contributed by atoms with van der Waals surface area (Å²) in [5, 5.41) is 9.41. The van der Waals surface area contributed by atoms with Crippen molar-refractivity contribution in [3.05, 3.63) is 0 Å². The van der Waals surface area contributed by atoms with Crippen LogP contribution in [0.4, 0.5) is 0 Å². The van der Waals surface area contributed by atoms with Crippen LogP contribution in [0, 0.1) is 0 Å². The molecule has 3 N–H and O–H groups in total. The molecule has 1 aliphatic heterocycles. The van der Waals surface area contributed by atoms with Crippen LogP contribution < -0.4 is 5.73 Å². The number of carbonyl (C=O) groups excluding carboxylic acids is 1. The van der Waals surface area contributed by atoms with Gasteiger partial charge in [0.25, 0.3) is 0 Å². The summed E-state index contributed by atoms with van der Waals surface area (Å²) < 4.78 is 0. The molecule has 1 saturated heterocycles. The molecule has 1 fully saturated rings. The van der Waals surface area contributed by atoms with Crippen molar-refractivity contribution in [3.63, 3.8) is 0 Å². The lowest BCUT2D eigenvalue weighted by molar-refractivity contribution is -0.153. The molecule has 4 heteroatoms. The number of nitrogens with zero attached hydrogens (tertiary/aromatic N) is 1. The minimum absolute atomic E-state index is 0.0339. The summed E-state index contributed by atoms with van der Waals surface area (Å²) in [7, 11) is 0. The first-order valence-corrected chi connectivity index (χ1v) is 4.73. The van der Waals surface area contributed by atoms with Gasteiger partial charge in [0.2, 0.25) is 5.91 Å². The highest BCUT2D eigenvalue weighted by atomic mass is 16.3. The van der Waals surface area contributed by atoms with Crippen molar-refractivity contribution in [1.82, 2.24) is 4.90 Å².